The van der Waals surface area contributed by atoms with Crippen LogP contribution < -0.4 is 5.32 Å². The summed E-state index contributed by atoms with van der Waals surface area (Å²) in [5.41, 5.74) is 2.45. The van der Waals surface area contributed by atoms with Crippen LogP contribution in [-0.2, 0) is 10.2 Å². The van der Waals surface area contributed by atoms with Crippen LogP contribution in [0.15, 0.2) is 60.7 Å². The van der Waals surface area contributed by atoms with E-state index in [9.17, 15) is 4.79 Å². The van der Waals surface area contributed by atoms with Crippen LogP contribution in [0, 0.1) is 0 Å². The van der Waals surface area contributed by atoms with E-state index < -0.39 is 5.41 Å². The Kier molecular flexibility index (Phi) is 2.71. The van der Waals surface area contributed by atoms with Crippen molar-refractivity contribution in [1.29, 1.82) is 0 Å². The molecule has 1 N–H and O–H groups in total. The molecule has 2 aromatic rings. The van der Waals surface area contributed by atoms with E-state index in [4.69, 9.17) is 0 Å². The van der Waals surface area contributed by atoms with Gasteiger partial charge in [0.05, 0.1) is 5.41 Å². The SMILES string of the molecule is CC1(/C=C/c2ccccc2)C(=O)Nc2ccccc21. The molecule has 19 heavy (non-hydrogen) atoms. The standard InChI is InChI=1S/C17H15NO/c1-17(12-11-13-7-3-2-4-8-13)14-9-5-6-10-15(14)18-16(17)19/h2-12H,1H3,(H,18,19)/b12-11+. The molecule has 0 bridgehead atoms. The lowest BCUT2D eigenvalue weighted by Gasteiger charge is -2.17. The van der Waals surface area contributed by atoms with Crippen LogP contribution in [0.5, 0.6) is 0 Å². The summed E-state index contributed by atoms with van der Waals surface area (Å²) in [5.74, 6) is 0.0286. The van der Waals surface area contributed by atoms with Gasteiger partial charge in [0, 0.05) is 5.69 Å². The molecule has 0 radical (unpaired) electrons. The van der Waals surface area contributed by atoms with Gasteiger partial charge in [-0.3, -0.25) is 4.79 Å². The molecular weight excluding hydrogens is 234 g/mol. The van der Waals surface area contributed by atoms with Crippen molar-refractivity contribution in [3.05, 3.63) is 71.8 Å². The number of nitrogens with one attached hydrogen (secondary N) is 1. The first kappa shape index (κ1) is 11.7. The number of fused-ring (bicyclic) bond motifs is 1. The summed E-state index contributed by atoms with van der Waals surface area (Å²) in [5, 5.41) is 2.93. The summed E-state index contributed by atoms with van der Waals surface area (Å²) < 4.78 is 0. The average molecular weight is 249 g/mol. The third-order valence-corrected chi connectivity index (χ3v) is 3.62. The molecule has 3 rings (SSSR count). The zero-order valence-electron chi connectivity index (χ0n) is 10.8. The van der Waals surface area contributed by atoms with Gasteiger partial charge < -0.3 is 5.32 Å². The van der Waals surface area contributed by atoms with E-state index in [1.54, 1.807) is 0 Å². The van der Waals surface area contributed by atoms with Crippen molar-refractivity contribution in [2.24, 2.45) is 0 Å². The Morgan fingerprint density at radius 3 is 2.47 bits per heavy atom. The van der Waals surface area contributed by atoms with Crippen molar-refractivity contribution in [2.45, 2.75) is 12.3 Å². The zero-order valence-corrected chi connectivity index (χ0v) is 10.8. The number of carbonyl (C=O) groups excluding carboxylic acids is 1. The van der Waals surface area contributed by atoms with E-state index in [1.807, 2.05) is 73.7 Å². The van der Waals surface area contributed by atoms with Crippen LogP contribution in [0.1, 0.15) is 18.1 Å². The molecule has 0 aromatic heterocycles. The van der Waals surface area contributed by atoms with Crippen LogP contribution in [0.3, 0.4) is 0 Å². The van der Waals surface area contributed by atoms with Gasteiger partial charge in [-0.1, -0.05) is 60.7 Å². The zero-order chi connectivity index (χ0) is 13.3. The quantitative estimate of drug-likeness (QED) is 0.865. The van der Waals surface area contributed by atoms with Gasteiger partial charge >= 0.3 is 0 Å². The number of para-hydroxylation sites is 1. The van der Waals surface area contributed by atoms with Gasteiger partial charge in [-0.25, -0.2) is 0 Å². The molecule has 1 atom stereocenters. The lowest BCUT2D eigenvalue weighted by Crippen LogP contribution is -2.28. The lowest BCUT2D eigenvalue weighted by molar-refractivity contribution is -0.118. The summed E-state index contributed by atoms with van der Waals surface area (Å²) in [6.07, 6.45) is 3.98. The number of anilines is 1. The van der Waals surface area contributed by atoms with E-state index >= 15 is 0 Å². The number of hydrogen-bond donors (Lipinski definition) is 1. The maximum atomic E-state index is 12.2. The molecule has 1 amide bonds. The molecule has 1 aliphatic heterocycles. The van der Waals surface area contributed by atoms with Gasteiger partial charge in [-0.05, 0) is 24.1 Å². The van der Waals surface area contributed by atoms with E-state index in [-0.39, 0.29) is 5.91 Å². The summed E-state index contributed by atoms with van der Waals surface area (Å²) in [6, 6.07) is 17.9. The van der Waals surface area contributed by atoms with Crippen LogP contribution in [0.4, 0.5) is 5.69 Å². The molecular formula is C17H15NO. The van der Waals surface area contributed by atoms with Crippen molar-refractivity contribution in [1.82, 2.24) is 0 Å². The summed E-state index contributed by atoms with van der Waals surface area (Å²) in [6.45, 7) is 1.95. The summed E-state index contributed by atoms with van der Waals surface area (Å²) in [4.78, 5) is 12.2. The Bertz CT molecular complexity index is 645. The van der Waals surface area contributed by atoms with Crippen molar-refractivity contribution < 1.29 is 4.79 Å². The van der Waals surface area contributed by atoms with Crippen molar-refractivity contribution >= 4 is 17.7 Å². The normalized spacial score (nSPS) is 21.4. The van der Waals surface area contributed by atoms with E-state index in [0.717, 1.165) is 16.8 Å². The van der Waals surface area contributed by atoms with E-state index in [2.05, 4.69) is 5.32 Å². The van der Waals surface area contributed by atoms with Crippen molar-refractivity contribution in [3.8, 4) is 0 Å². The van der Waals surface area contributed by atoms with Crippen LogP contribution in [-0.4, -0.2) is 5.91 Å². The molecule has 0 spiro atoms. The number of rotatable bonds is 2. The van der Waals surface area contributed by atoms with Gasteiger partial charge in [-0.15, -0.1) is 0 Å². The first-order chi connectivity index (χ1) is 9.20. The monoisotopic (exact) mass is 249 g/mol. The average Bonchev–Trinajstić information content (AvgIpc) is 2.71. The fourth-order valence-electron chi connectivity index (χ4n) is 2.41. The van der Waals surface area contributed by atoms with Gasteiger partial charge in [0.1, 0.15) is 0 Å². The summed E-state index contributed by atoms with van der Waals surface area (Å²) in [7, 11) is 0. The maximum Gasteiger partial charge on any atom is 0.238 e. The molecule has 1 heterocycles. The molecule has 0 fully saturated rings. The first-order valence-corrected chi connectivity index (χ1v) is 6.35. The van der Waals surface area contributed by atoms with Crippen LogP contribution >= 0.6 is 0 Å². The Hall–Kier alpha value is -2.35. The molecule has 94 valence electrons. The third-order valence-electron chi connectivity index (χ3n) is 3.62. The van der Waals surface area contributed by atoms with Gasteiger partial charge in [0.15, 0.2) is 0 Å². The van der Waals surface area contributed by atoms with Crippen LogP contribution in [0.25, 0.3) is 6.08 Å². The number of benzene rings is 2. The number of hydrogen-bond acceptors (Lipinski definition) is 1. The van der Waals surface area contributed by atoms with Crippen molar-refractivity contribution in [3.63, 3.8) is 0 Å². The van der Waals surface area contributed by atoms with E-state index in [1.165, 1.54) is 0 Å². The fourth-order valence-corrected chi connectivity index (χ4v) is 2.41. The highest BCUT2D eigenvalue weighted by molar-refractivity contribution is 6.07. The molecule has 0 aliphatic carbocycles. The Morgan fingerprint density at radius 1 is 1.00 bits per heavy atom. The molecule has 1 unspecified atom stereocenters. The Morgan fingerprint density at radius 2 is 1.68 bits per heavy atom. The number of carbonyl (C=O) groups is 1. The highest BCUT2D eigenvalue weighted by Crippen LogP contribution is 2.38. The molecule has 0 saturated heterocycles. The smallest absolute Gasteiger partial charge is 0.238 e. The second-order valence-corrected chi connectivity index (χ2v) is 4.95. The predicted octanol–water partition coefficient (Wildman–Crippen LogP) is 3.61. The Labute approximate surface area is 112 Å². The minimum Gasteiger partial charge on any atom is -0.325 e. The minimum atomic E-state index is -0.591. The lowest BCUT2D eigenvalue weighted by atomic mass is 9.83. The topological polar surface area (TPSA) is 29.1 Å². The second kappa shape index (κ2) is 4.39. The molecule has 2 nitrogen and oxygen atoms in total. The van der Waals surface area contributed by atoms with Gasteiger partial charge in [0.25, 0.3) is 0 Å². The number of amides is 1. The molecule has 2 heteroatoms. The first-order valence-electron chi connectivity index (χ1n) is 6.35. The van der Waals surface area contributed by atoms with Gasteiger partial charge in [-0.2, -0.15) is 0 Å². The Balaban J connectivity index is 2.00. The second-order valence-electron chi connectivity index (χ2n) is 4.95. The minimum absolute atomic E-state index is 0.0286. The molecule has 2 aromatic carbocycles. The highest BCUT2D eigenvalue weighted by Gasteiger charge is 2.40. The van der Waals surface area contributed by atoms with E-state index in [0.29, 0.717) is 0 Å². The molecule has 1 aliphatic rings. The third kappa shape index (κ3) is 1.95. The maximum absolute atomic E-state index is 12.2. The van der Waals surface area contributed by atoms with Crippen molar-refractivity contribution in [2.75, 3.05) is 5.32 Å². The van der Waals surface area contributed by atoms with Crippen LogP contribution in [0.2, 0.25) is 0 Å². The largest absolute Gasteiger partial charge is 0.325 e. The van der Waals surface area contributed by atoms with Gasteiger partial charge in [0.2, 0.25) is 5.91 Å². The summed E-state index contributed by atoms with van der Waals surface area (Å²) >= 11 is 0. The highest BCUT2D eigenvalue weighted by atomic mass is 16.2. The molecule has 0 saturated carbocycles. The fraction of sp³-hybridized carbons (Fsp3) is 0.118. The predicted molar refractivity (Wildman–Crippen MR) is 77.9 cm³/mol.